The SMILES string of the molecule is CCC(C(=O)O)C1=CCC(O)(CCCS(=O)(=O)c2ccc(Cl)cc2)C=C1. The minimum absolute atomic E-state index is 0.0753. The van der Waals surface area contributed by atoms with E-state index >= 15 is 0 Å². The molecule has 142 valence electrons. The predicted octanol–water partition coefficient (Wildman–Crippen LogP) is 3.62. The number of sulfone groups is 1. The summed E-state index contributed by atoms with van der Waals surface area (Å²) in [5, 5.41) is 20.3. The summed E-state index contributed by atoms with van der Waals surface area (Å²) in [5.41, 5.74) is -0.464. The largest absolute Gasteiger partial charge is 0.481 e. The highest BCUT2D eigenvalue weighted by Crippen LogP contribution is 2.30. The van der Waals surface area contributed by atoms with Gasteiger partial charge in [0.25, 0.3) is 0 Å². The maximum Gasteiger partial charge on any atom is 0.310 e. The summed E-state index contributed by atoms with van der Waals surface area (Å²) in [5.74, 6) is -1.54. The number of carboxylic acid groups (broad SMARTS) is 1. The van der Waals surface area contributed by atoms with E-state index in [-0.39, 0.29) is 23.5 Å². The first kappa shape index (κ1) is 20.7. The quantitative estimate of drug-likeness (QED) is 0.697. The second-order valence-electron chi connectivity index (χ2n) is 6.52. The van der Waals surface area contributed by atoms with Crippen LogP contribution in [0.2, 0.25) is 5.02 Å². The van der Waals surface area contributed by atoms with E-state index in [1.165, 1.54) is 24.3 Å². The van der Waals surface area contributed by atoms with E-state index < -0.39 is 27.3 Å². The Morgan fingerprint density at radius 2 is 1.96 bits per heavy atom. The van der Waals surface area contributed by atoms with Crippen molar-refractivity contribution in [2.45, 2.75) is 43.1 Å². The van der Waals surface area contributed by atoms with Crippen molar-refractivity contribution in [2.24, 2.45) is 5.92 Å². The van der Waals surface area contributed by atoms with Gasteiger partial charge in [-0.25, -0.2) is 8.42 Å². The van der Waals surface area contributed by atoms with Crippen molar-refractivity contribution in [3.05, 3.63) is 53.1 Å². The molecule has 1 aliphatic carbocycles. The van der Waals surface area contributed by atoms with Crippen LogP contribution in [0.15, 0.2) is 53.0 Å². The number of carboxylic acids is 1. The highest BCUT2D eigenvalue weighted by Gasteiger charge is 2.29. The van der Waals surface area contributed by atoms with Gasteiger partial charge in [-0.15, -0.1) is 0 Å². The number of benzene rings is 1. The standard InChI is InChI=1S/C19H23ClO5S/c1-2-17(18(21)22)14-8-11-19(23,12-9-14)10-3-13-26(24,25)16-6-4-15(20)5-7-16/h4-9,11,17,23H,2-3,10,12-13H2,1H3,(H,21,22). The topological polar surface area (TPSA) is 91.7 Å². The number of allylic oxidation sites excluding steroid dienone is 1. The van der Waals surface area contributed by atoms with Gasteiger partial charge in [-0.1, -0.05) is 36.8 Å². The predicted molar refractivity (Wildman–Crippen MR) is 101 cm³/mol. The zero-order valence-electron chi connectivity index (χ0n) is 14.6. The molecule has 0 saturated carbocycles. The minimum atomic E-state index is -3.43. The maximum absolute atomic E-state index is 12.3. The third-order valence-electron chi connectivity index (χ3n) is 4.58. The highest BCUT2D eigenvalue weighted by atomic mass is 35.5. The second-order valence-corrected chi connectivity index (χ2v) is 9.07. The van der Waals surface area contributed by atoms with E-state index in [1.807, 2.05) is 0 Å². The van der Waals surface area contributed by atoms with Gasteiger partial charge in [-0.2, -0.15) is 0 Å². The summed E-state index contributed by atoms with van der Waals surface area (Å²) in [4.78, 5) is 11.4. The van der Waals surface area contributed by atoms with Gasteiger partial charge in [0.05, 0.1) is 22.2 Å². The molecular formula is C19H23ClO5S. The molecule has 0 bridgehead atoms. The Morgan fingerprint density at radius 1 is 1.31 bits per heavy atom. The molecule has 0 saturated heterocycles. The minimum Gasteiger partial charge on any atom is -0.481 e. The van der Waals surface area contributed by atoms with Gasteiger partial charge in [-0.05, 0) is 55.5 Å². The summed E-state index contributed by atoms with van der Waals surface area (Å²) in [6.45, 7) is 1.80. The van der Waals surface area contributed by atoms with Crippen molar-refractivity contribution in [1.82, 2.24) is 0 Å². The van der Waals surface area contributed by atoms with Crippen LogP contribution in [-0.2, 0) is 14.6 Å². The van der Waals surface area contributed by atoms with Crippen LogP contribution >= 0.6 is 11.6 Å². The first-order valence-electron chi connectivity index (χ1n) is 8.50. The molecule has 0 spiro atoms. The molecule has 2 atom stereocenters. The van der Waals surface area contributed by atoms with E-state index in [0.29, 0.717) is 23.4 Å². The molecule has 2 N–H and O–H groups in total. The van der Waals surface area contributed by atoms with Gasteiger partial charge in [0, 0.05) is 5.02 Å². The molecule has 1 aliphatic rings. The number of hydrogen-bond acceptors (Lipinski definition) is 4. The third kappa shape index (κ3) is 5.19. The second kappa shape index (κ2) is 8.37. The fourth-order valence-electron chi connectivity index (χ4n) is 3.01. The van der Waals surface area contributed by atoms with Gasteiger partial charge in [-0.3, -0.25) is 4.79 Å². The van der Waals surface area contributed by atoms with Crippen LogP contribution in [-0.4, -0.2) is 36.0 Å². The van der Waals surface area contributed by atoms with Gasteiger partial charge >= 0.3 is 5.97 Å². The fourth-order valence-corrected chi connectivity index (χ4v) is 4.44. The van der Waals surface area contributed by atoms with E-state index in [9.17, 15) is 23.4 Å². The first-order chi connectivity index (χ1) is 12.2. The molecule has 0 radical (unpaired) electrons. The van der Waals surface area contributed by atoms with Crippen molar-refractivity contribution in [2.75, 3.05) is 5.75 Å². The lowest BCUT2D eigenvalue weighted by Gasteiger charge is -2.28. The van der Waals surface area contributed by atoms with Crippen molar-refractivity contribution in [1.29, 1.82) is 0 Å². The number of aliphatic carboxylic acids is 1. The number of carbonyl (C=O) groups is 1. The molecule has 5 nitrogen and oxygen atoms in total. The molecule has 0 aromatic heterocycles. The first-order valence-corrected chi connectivity index (χ1v) is 10.5. The van der Waals surface area contributed by atoms with Crippen LogP contribution in [0.25, 0.3) is 0 Å². The lowest BCUT2D eigenvalue weighted by molar-refractivity contribution is -0.140. The Hall–Kier alpha value is -1.63. The zero-order chi connectivity index (χ0) is 19.4. The third-order valence-corrected chi connectivity index (χ3v) is 6.65. The molecule has 2 rings (SSSR count). The van der Waals surface area contributed by atoms with Gasteiger partial charge < -0.3 is 10.2 Å². The van der Waals surface area contributed by atoms with Gasteiger partial charge in [0.1, 0.15) is 0 Å². The van der Waals surface area contributed by atoms with Crippen molar-refractivity contribution >= 4 is 27.4 Å². The van der Waals surface area contributed by atoms with Crippen LogP contribution < -0.4 is 0 Å². The van der Waals surface area contributed by atoms with Crippen molar-refractivity contribution < 1.29 is 23.4 Å². The molecule has 0 amide bonds. The number of halogens is 1. The molecule has 0 aliphatic heterocycles. The number of rotatable bonds is 8. The van der Waals surface area contributed by atoms with E-state index in [0.717, 1.165) is 0 Å². The van der Waals surface area contributed by atoms with Crippen molar-refractivity contribution in [3.8, 4) is 0 Å². The molecule has 7 heteroatoms. The average molecular weight is 399 g/mol. The Bertz CT molecular complexity index is 811. The summed E-state index contributed by atoms with van der Waals surface area (Å²) in [6, 6.07) is 6.01. The van der Waals surface area contributed by atoms with E-state index in [1.54, 1.807) is 25.2 Å². The smallest absolute Gasteiger partial charge is 0.310 e. The zero-order valence-corrected chi connectivity index (χ0v) is 16.1. The lowest BCUT2D eigenvalue weighted by Crippen LogP contribution is -2.29. The Labute approximate surface area is 158 Å². The van der Waals surface area contributed by atoms with Crippen LogP contribution in [0.5, 0.6) is 0 Å². The summed E-state index contributed by atoms with van der Waals surface area (Å²) in [6.07, 6.45) is 6.29. The van der Waals surface area contributed by atoms with Crippen LogP contribution in [0, 0.1) is 5.92 Å². The van der Waals surface area contributed by atoms with E-state index in [4.69, 9.17) is 11.6 Å². The Kier molecular flexibility index (Phi) is 6.66. The Balaban J connectivity index is 1.94. The average Bonchev–Trinajstić information content (AvgIpc) is 2.57. The molecule has 0 fully saturated rings. The van der Waals surface area contributed by atoms with Crippen molar-refractivity contribution in [3.63, 3.8) is 0 Å². The molecule has 1 aromatic rings. The van der Waals surface area contributed by atoms with Crippen LogP contribution in [0.3, 0.4) is 0 Å². The maximum atomic E-state index is 12.3. The highest BCUT2D eigenvalue weighted by molar-refractivity contribution is 7.91. The van der Waals surface area contributed by atoms with E-state index in [2.05, 4.69) is 0 Å². The summed E-state index contributed by atoms with van der Waals surface area (Å²) < 4.78 is 24.6. The summed E-state index contributed by atoms with van der Waals surface area (Å²) >= 11 is 5.77. The molecule has 1 aromatic carbocycles. The normalized spacial score (nSPS) is 21.3. The number of aliphatic hydroxyl groups is 1. The lowest BCUT2D eigenvalue weighted by atomic mass is 9.84. The van der Waals surface area contributed by atoms with Crippen LogP contribution in [0.1, 0.15) is 32.6 Å². The molecule has 0 heterocycles. The van der Waals surface area contributed by atoms with Crippen LogP contribution in [0.4, 0.5) is 0 Å². The fraction of sp³-hybridized carbons (Fsp3) is 0.421. The molecule has 2 unspecified atom stereocenters. The van der Waals surface area contributed by atoms with Gasteiger partial charge in [0.15, 0.2) is 9.84 Å². The molecule has 26 heavy (non-hydrogen) atoms. The summed E-state index contributed by atoms with van der Waals surface area (Å²) in [7, 11) is -3.43. The monoisotopic (exact) mass is 398 g/mol. The van der Waals surface area contributed by atoms with Gasteiger partial charge in [0.2, 0.25) is 0 Å². The molecular weight excluding hydrogens is 376 g/mol. The number of hydrogen-bond donors (Lipinski definition) is 2. The Morgan fingerprint density at radius 3 is 2.46 bits per heavy atom.